The van der Waals surface area contributed by atoms with Crippen LogP contribution in [-0.4, -0.2) is 80.6 Å². The van der Waals surface area contributed by atoms with Gasteiger partial charge in [-0.15, -0.1) is 5.10 Å². The van der Waals surface area contributed by atoms with Gasteiger partial charge in [-0.05, 0) is 12.1 Å². The Hall–Kier alpha value is -4.75. The molecule has 3 aromatic heterocycles. The van der Waals surface area contributed by atoms with Crippen molar-refractivity contribution in [1.82, 2.24) is 23.8 Å². The summed E-state index contributed by atoms with van der Waals surface area (Å²) in [6.07, 6.45) is 7.69. The topological polar surface area (TPSA) is 173 Å². The zero-order valence-electron chi connectivity index (χ0n) is 18.9. The fourth-order valence-corrected chi connectivity index (χ4v) is 2.99. The maximum absolute atomic E-state index is 12.9. The zero-order chi connectivity index (χ0) is 25.0. The predicted octanol–water partition coefficient (Wildman–Crippen LogP) is 1.31. The molecule has 34 heavy (non-hydrogen) atoms. The van der Waals surface area contributed by atoms with E-state index in [1.165, 1.54) is 61.7 Å². The lowest BCUT2D eigenvalue weighted by Crippen LogP contribution is -2.35. The third-order valence-corrected chi connectivity index (χ3v) is 5.07. The molecular formula is C20H26N10O4. The third kappa shape index (κ3) is 5.01. The Morgan fingerprint density at radius 1 is 0.971 bits per heavy atom. The van der Waals surface area contributed by atoms with Gasteiger partial charge in [0.2, 0.25) is 0 Å². The van der Waals surface area contributed by atoms with E-state index in [-0.39, 0.29) is 30.7 Å². The summed E-state index contributed by atoms with van der Waals surface area (Å²) in [6.45, 7) is 0.215. The summed E-state index contributed by atoms with van der Waals surface area (Å²) in [5.41, 5.74) is 12.0. The van der Waals surface area contributed by atoms with Crippen molar-refractivity contribution in [2.24, 2.45) is 10.9 Å². The summed E-state index contributed by atoms with van der Waals surface area (Å²) in [5.74, 6) is 0.243. The van der Waals surface area contributed by atoms with Gasteiger partial charge in [0.05, 0.1) is 5.69 Å². The largest absolute Gasteiger partial charge is 0.409 e. The van der Waals surface area contributed by atoms with E-state index in [2.05, 4.69) is 10.3 Å². The minimum absolute atomic E-state index is 0.00191. The first-order valence-electron chi connectivity index (χ1n) is 10.1. The van der Waals surface area contributed by atoms with Crippen LogP contribution in [0.25, 0.3) is 0 Å². The molecule has 0 radical (unpaired) electrons. The van der Waals surface area contributed by atoms with Crippen LogP contribution in [0.1, 0.15) is 6.42 Å². The molecular weight excluding hydrogens is 444 g/mol. The van der Waals surface area contributed by atoms with Crippen molar-refractivity contribution in [1.29, 1.82) is 0 Å². The molecule has 0 aliphatic carbocycles. The van der Waals surface area contributed by atoms with Crippen molar-refractivity contribution in [2.45, 2.75) is 6.42 Å². The highest BCUT2D eigenvalue weighted by molar-refractivity contribution is 5.96. The van der Waals surface area contributed by atoms with Gasteiger partial charge in [0, 0.05) is 76.8 Å². The molecule has 3 rings (SSSR count). The number of nitrogen functional groups attached to an aromatic ring is 1. The molecule has 0 atom stereocenters. The fraction of sp³-hybridized carbons (Fsp3) is 0.250. The van der Waals surface area contributed by atoms with Gasteiger partial charge >= 0.3 is 18.1 Å². The first-order valence-corrected chi connectivity index (χ1v) is 10.1. The van der Waals surface area contributed by atoms with Crippen molar-refractivity contribution in [2.75, 3.05) is 43.2 Å². The van der Waals surface area contributed by atoms with E-state index in [9.17, 15) is 14.4 Å². The quantitative estimate of drug-likeness (QED) is 0.218. The fourth-order valence-electron chi connectivity index (χ4n) is 2.99. The molecule has 0 saturated carbocycles. The van der Waals surface area contributed by atoms with Gasteiger partial charge in [0.1, 0.15) is 5.84 Å². The van der Waals surface area contributed by atoms with Crippen LogP contribution in [0.2, 0.25) is 0 Å². The summed E-state index contributed by atoms with van der Waals surface area (Å²) in [7, 11) is 4.64. The minimum Gasteiger partial charge on any atom is -0.409 e. The zero-order valence-corrected chi connectivity index (χ0v) is 18.9. The monoisotopic (exact) mass is 470 g/mol. The highest BCUT2D eigenvalue weighted by Gasteiger charge is 2.20. The lowest BCUT2D eigenvalue weighted by Gasteiger charge is -2.17. The number of hydrogen-bond donors (Lipinski definition) is 3. The second kappa shape index (κ2) is 9.81. The Kier molecular flexibility index (Phi) is 6.89. The number of rotatable bonds is 5. The molecule has 3 amide bonds. The second-order valence-corrected chi connectivity index (χ2v) is 7.48. The highest BCUT2D eigenvalue weighted by Crippen LogP contribution is 2.18. The van der Waals surface area contributed by atoms with Crippen molar-refractivity contribution >= 4 is 41.1 Å². The van der Waals surface area contributed by atoms with Gasteiger partial charge in [-0.3, -0.25) is 18.9 Å². The van der Waals surface area contributed by atoms with E-state index in [1.54, 1.807) is 32.4 Å². The van der Waals surface area contributed by atoms with Crippen molar-refractivity contribution in [3.63, 3.8) is 0 Å². The van der Waals surface area contributed by atoms with Gasteiger partial charge < -0.3 is 21.6 Å². The van der Waals surface area contributed by atoms with Crippen LogP contribution in [0, 0.1) is 0 Å². The van der Waals surface area contributed by atoms with Gasteiger partial charge in [0.25, 0.3) is 0 Å². The summed E-state index contributed by atoms with van der Waals surface area (Å²) >= 11 is 0. The van der Waals surface area contributed by atoms with Crippen molar-refractivity contribution < 1.29 is 19.6 Å². The lowest BCUT2D eigenvalue weighted by molar-refractivity contribution is 0.208. The van der Waals surface area contributed by atoms with Crippen LogP contribution < -0.4 is 21.3 Å². The van der Waals surface area contributed by atoms with Crippen LogP contribution in [0.4, 0.5) is 31.6 Å². The average molecular weight is 470 g/mol. The number of aromatic nitrogens is 4. The van der Waals surface area contributed by atoms with Crippen LogP contribution >= 0.6 is 0 Å². The summed E-state index contributed by atoms with van der Waals surface area (Å²) in [6, 6.07) is 3.50. The number of amides is 3. The molecule has 0 unspecified atom stereocenters. The number of carbonyl (C=O) groups excluding carboxylic acids is 3. The number of nitrogens with two attached hydrogens (primary N) is 2. The number of nitrogens with zero attached hydrogens (tertiary/aromatic N) is 8. The molecule has 14 nitrogen and oxygen atoms in total. The minimum atomic E-state index is -0.452. The average Bonchev–Trinajstić information content (AvgIpc) is 3.60. The lowest BCUT2D eigenvalue weighted by atomic mass is 10.4. The molecule has 0 spiro atoms. The third-order valence-electron chi connectivity index (χ3n) is 5.07. The Morgan fingerprint density at radius 3 is 2.26 bits per heavy atom. The molecule has 0 fully saturated rings. The SMILES string of the molecule is CN(CCC(N)=NO)C(=O)n1ccc(N(C)C(=O)n2ccc(N(C)C(=O)n3ccc(N)c3)c2)n1. The Balaban J connectivity index is 1.67. The van der Waals surface area contributed by atoms with Gasteiger partial charge in [-0.1, -0.05) is 5.16 Å². The van der Waals surface area contributed by atoms with E-state index in [0.29, 0.717) is 11.4 Å². The summed E-state index contributed by atoms with van der Waals surface area (Å²) < 4.78 is 3.72. The number of anilines is 3. The Bertz CT molecular complexity index is 1220. The molecule has 0 aromatic carbocycles. The molecule has 0 aliphatic rings. The van der Waals surface area contributed by atoms with Crippen LogP contribution in [0.5, 0.6) is 0 Å². The molecule has 0 saturated heterocycles. The number of hydrogen-bond acceptors (Lipinski definition) is 7. The predicted molar refractivity (Wildman–Crippen MR) is 125 cm³/mol. The van der Waals surface area contributed by atoms with Crippen molar-refractivity contribution in [3.8, 4) is 0 Å². The second-order valence-electron chi connectivity index (χ2n) is 7.48. The van der Waals surface area contributed by atoms with E-state index in [4.69, 9.17) is 16.7 Å². The maximum atomic E-state index is 12.9. The first-order chi connectivity index (χ1) is 16.1. The molecule has 5 N–H and O–H groups in total. The van der Waals surface area contributed by atoms with E-state index < -0.39 is 12.1 Å². The molecule has 3 aromatic rings. The number of amidine groups is 1. The Morgan fingerprint density at radius 2 is 1.62 bits per heavy atom. The van der Waals surface area contributed by atoms with Crippen LogP contribution in [0.15, 0.2) is 54.3 Å². The van der Waals surface area contributed by atoms with Gasteiger partial charge in [-0.2, -0.15) is 4.68 Å². The summed E-state index contributed by atoms with van der Waals surface area (Å²) in [5, 5.41) is 15.6. The van der Waals surface area contributed by atoms with Crippen LogP contribution in [0.3, 0.4) is 0 Å². The van der Waals surface area contributed by atoms with E-state index >= 15 is 0 Å². The van der Waals surface area contributed by atoms with Gasteiger partial charge in [0.15, 0.2) is 5.82 Å². The molecule has 180 valence electrons. The molecule has 0 aliphatic heterocycles. The van der Waals surface area contributed by atoms with E-state index in [0.717, 1.165) is 4.68 Å². The van der Waals surface area contributed by atoms with Crippen molar-refractivity contribution in [3.05, 3.63) is 49.2 Å². The molecule has 0 bridgehead atoms. The summed E-state index contributed by atoms with van der Waals surface area (Å²) in [4.78, 5) is 42.0. The Labute approximate surface area is 194 Å². The standard InChI is InChI=1S/C20H26N10O4/c1-25(8-6-16(22)24-34)18(31)30-11-7-17(23-30)27(3)20(33)29-10-5-15(13-29)26(2)19(32)28-9-4-14(21)12-28/h4-5,7,9-13,34H,6,8,21H2,1-3H3,(H2,22,24). The van der Waals surface area contributed by atoms with E-state index in [1.807, 2.05) is 0 Å². The first kappa shape index (κ1) is 23.9. The smallest absolute Gasteiger partial charge is 0.344 e. The number of oxime groups is 1. The maximum Gasteiger partial charge on any atom is 0.344 e. The highest BCUT2D eigenvalue weighted by atomic mass is 16.4. The normalized spacial score (nSPS) is 11.3. The van der Waals surface area contributed by atoms with Gasteiger partial charge in [-0.25, -0.2) is 14.4 Å². The number of carbonyl (C=O) groups is 3. The molecule has 14 heteroatoms. The van der Waals surface area contributed by atoms with Crippen LogP contribution in [-0.2, 0) is 0 Å². The molecule has 3 heterocycles.